The summed E-state index contributed by atoms with van der Waals surface area (Å²) in [6, 6.07) is 80.6. The summed E-state index contributed by atoms with van der Waals surface area (Å²) in [5.41, 5.74) is 17.4. The van der Waals surface area contributed by atoms with Crippen LogP contribution in [0.25, 0.3) is 55.3 Å². The Morgan fingerprint density at radius 2 is 0.806 bits per heavy atom. The van der Waals surface area contributed by atoms with Gasteiger partial charge < -0.3 is 14.4 Å². The van der Waals surface area contributed by atoms with Crippen LogP contribution >= 0.6 is 0 Å². The fraction of sp³-hybridized carbons (Fsp3) is 0.0169. The van der Waals surface area contributed by atoms with E-state index in [0.717, 1.165) is 28.0 Å². The van der Waals surface area contributed by atoms with Crippen LogP contribution in [-0.2, 0) is 5.41 Å². The van der Waals surface area contributed by atoms with Gasteiger partial charge in [-0.1, -0.05) is 176 Å². The van der Waals surface area contributed by atoms with E-state index < -0.39 is 5.41 Å². The zero-order chi connectivity index (χ0) is 40.8. The van der Waals surface area contributed by atoms with Gasteiger partial charge in [0.1, 0.15) is 0 Å². The fourth-order valence-electron chi connectivity index (χ4n) is 10.5. The van der Waals surface area contributed by atoms with Gasteiger partial charge in [0.15, 0.2) is 23.0 Å². The highest BCUT2D eigenvalue weighted by atomic mass is 16.6. The standard InChI is InChI=1S/C59H37NO2/c1-2-15-38(16-3-1)43-19-6-7-20-44(43)40-29-31-41(32-30-40)60(54-28-14-18-39-17-4-5-21-45(39)54)42-33-34-55-56(35-42)62-58-37-53-49(36-57(58)61-55)48-24-10-13-27-52(48)59(53)50-25-11-8-22-46(50)47-23-9-12-26-51(47)59/h1-37H. The number of anilines is 3. The van der Waals surface area contributed by atoms with Crippen molar-refractivity contribution in [2.75, 3.05) is 4.90 Å². The molecule has 0 atom stereocenters. The largest absolute Gasteiger partial charge is 0.449 e. The molecule has 0 fully saturated rings. The molecule has 3 nitrogen and oxygen atoms in total. The monoisotopic (exact) mass is 791 g/mol. The van der Waals surface area contributed by atoms with Crippen molar-refractivity contribution in [2.24, 2.45) is 0 Å². The molecule has 0 radical (unpaired) electrons. The van der Waals surface area contributed by atoms with Crippen molar-refractivity contribution in [3.63, 3.8) is 0 Å². The first-order valence-electron chi connectivity index (χ1n) is 21.2. The van der Waals surface area contributed by atoms with Crippen LogP contribution in [0.1, 0.15) is 22.3 Å². The molecule has 13 rings (SSSR count). The van der Waals surface area contributed by atoms with E-state index in [-0.39, 0.29) is 0 Å². The van der Waals surface area contributed by atoms with Gasteiger partial charge >= 0.3 is 0 Å². The fourth-order valence-corrected chi connectivity index (χ4v) is 10.5. The Hall–Kier alpha value is -8.14. The number of benzene rings is 10. The van der Waals surface area contributed by atoms with E-state index in [1.165, 1.54) is 66.6 Å². The van der Waals surface area contributed by atoms with Crippen LogP contribution in [0.2, 0.25) is 0 Å². The molecule has 10 aromatic rings. The van der Waals surface area contributed by atoms with E-state index in [4.69, 9.17) is 9.47 Å². The molecule has 1 aliphatic heterocycles. The molecule has 0 amide bonds. The molecule has 10 aromatic carbocycles. The van der Waals surface area contributed by atoms with Crippen molar-refractivity contribution in [1.82, 2.24) is 0 Å². The molecule has 0 N–H and O–H groups in total. The Bertz CT molecular complexity index is 3370. The highest BCUT2D eigenvalue weighted by molar-refractivity contribution is 6.00. The molecule has 2 aliphatic carbocycles. The molecule has 1 spiro atoms. The number of ether oxygens (including phenoxy) is 2. The van der Waals surface area contributed by atoms with Crippen molar-refractivity contribution in [3.05, 3.63) is 247 Å². The van der Waals surface area contributed by atoms with E-state index in [0.29, 0.717) is 23.0 Å². The predicted molar refractivity (Wildman–Crippen MR) is 252 cm³/mol. The van der Waals surface area contributed by atoms with Gasteiger partial charge in [0.25, 0.3) is 0 Å². The van der Waals surface area contributed by atoms with Gasteiger partial charge in [0.05, 0.1) is 16.8 Å². The molecule has 0 bridgehead atoms. The van der Waals surface area contributed by atoms with Gasteiger partial charge in [-0.2, -0.15) is 0 Å². The second-order valence-electron chi connectivity index (χ2n) is 16.4. The summed E-state index contributed by atoms with van der Waals surface area (Å²) >= 11 is 0. The molecular formula is C59H37NO2. The number of fused-ring (bicyclic) bond motifs is 13. The van der Waals surface area contributed by atoms with E-state index in [1.54, 1.807) is 0 Å². The highest BCUT2D eigenvalue weighted by Gasteiger charge is 2.52. The molecule has 1 heterocycles. The van der Waals surface area contributed by atoms with Gasteiger partial charge in [0.2, 0.25) is 0 Å². The van der Waals surface area contributed by atoms with Crippen molar-refractivity contribution in [1.29, 1.82) is 0 Å². The van der Waals surface area contributed by atoms with E-state index in [1.807, 2.05) is 6.07 Å². The summed E-state index contributed by atoms with van der Waals surface area (Å²) in [6.45, 7) is 0. The molecular weight excluding hydrogens is 755 g/mol. The Balaban J connectivity index is 0.937. The third kappa shape index (κ3) is 5.00. The zero-order valence-electron chi connectivity index (χ0n) is 33.6. The molecule has 0 saturated carbocycles. The first-order valence-corrected chi connectivity index (χ1v) is 21.2. The Morgan fingerprint density at radius 1 is 0.306 bits per heavy atom. The van der Waals surface area contributed by atoms with E-state index >= 15 is 0 Å². The molecule has 0 unspecified atom stereocenters. The first-order chi connectivity index (χ1) is 30.7. The molecule has 3 aliphatic rings. The van der Waals surface area contributed by atoms with Crippen molar-refractivity contribution in [2.45, 2.75) is 5.41 Å². The molecule has 3 heteroatoms. The smallest absolute Gasteiger partial charge is 0.172 e. The summed E-state index contributed by atoms with van der Waals surface area (Å²) in [4.78, 5) is 2.33. The van der Waals surface area contributed by atoms with Gasteiger partial charge in [0, 0.05) is 17.1 Å². The Kier molecular flexibility index (Phi) is 7.52. The number of rotatable bonds is 5. The minimum Gasteiger partial charge on any atom is -0.449 e. The zero-order valence-corrected chi connectivity index (χ0v) is 33.6. The number of hydrogen-bond acceptors (Lipinski definition) is 3. The quantitative estimate of drug-likeness (QED) is 0.173. The van der Waals surface area contributed by atoms with E-state index in [9.17, 15) is 0 Å². The minimum absolute atomic E-state index is 0.474. The second-order valence-corrected chi connectivity index (χ2v) is 16.4. The van der Waals surface area contributed by atoms with Crippen molar-refractivity contribution >= 4 is 27.8 Å². The average Bonchev–Trinajstić information content (AvgIpc) is 3.80. The van der Waals surface area contributed by atoms with Crippen LogP contribution < -0.4 is 14.4 Å². The minimum atomic E-state index is -0.474. The average molecular weight is 792 g/mol. The predicted octanol–water partition coefficient (Wildman–Crippen LogP) is 15.9. The SMILES string of the molecule is c1ccc(-c2ccccc2-c2ccc(N(c3ccc4c(c3)Oc3cc5c(cc3O4)-c3ccccc3C53c4ccccc4-c4ccccc43)c3cccc4ccccc34)cc2)cc1. The Labute approximate surface area is 360 Å². The maximum absolute atomic E-state index is 7.01. The summed E-state index contributed by atoms with van der Waals surface area (Å²) in [7, 11) is 0. The van der Waals surface area contributed by atoms with Crippen LogP contribution in [0.15, 0.2) is 224 Å². The summed E-state index contributed by atoms with van der Waals surface area (Å²) in [5.74, 6) is 2.78. The van der Waals surface area contributed by atoms with Gasteiger partial charge in [-0.25, -0.2) is 0 Å². The Morgan fingerprint density at radius 3 is 1.50 bits per heavy atom. The van der Waals surface area contributed by atoms with Gasteiger partial charge in [-0.3, -0.25) is 0 Å². The topological polar surface area (TPSA) is 21.7 Å². The highest BCUT2D eigenvalue weighted by Crippen LogP contribution is 2.64. The number of hydrogen-bond donors (Lipinski definition) is 0. The molecule has 0 aromatic heterocycles. The maximum Gasteiger partial charge on any atom is 0.172 e. The van der Waals surface area contributed by atoms with Crippen molar-refractivity contribution < 1.29 is 9.47 Å². The number of nitrogens with zero attached hydrogens (tertiary/aromatic N) is 1. The lowest BCUT2D eigenvalue weighted by Gasteiger charge is -2.31. The summed E-state index contributed by atoms with van der Waals surface area (Å²) in [6.07, 6.45) is 0. The van der Waals surface area contributed by atoms with Crippen LogP contribution in [0.4, 0.5) is 17.1 Å². The van der Waals surface area contributed by atoms with E-state index in [2.05, 4.69) is 223 Å². The second kappa shape index (κ2) is 13.4. The first kappa shape index (κ1) is 34.7. The van der Waals surface area contributed by atoms with Crippen LogP contribution in [0, 0.1) is 0 Å². The lowest BCUT2D eigenvalue weighted by molar-refractivity contribution is 0.359. The lowest BCUT2D eigenvalue weighted by atomic mass is 9.70. The summed E-state index contributed by atoms with van der Waals surface area (Å²) < 4.78 is 13.8. The van der Waals surface area contributed by atoms with Crippen LogP contribution in [0.5, 0.6) is 23.0 Å². The van der Waals surface area contributed by atoms with Crippen LogP contribution in [0.3, 0.4) is 0 Å². The molecule has 0 saturated heterocycles. The van der Waals surface area contributed by atoms with Crippen molar-refractivity contribution in [3.8, 4) is 67.5 Å². The molecule has 290 valence electrons. The van der Waals surface area contributed by atoms with Gasteiger partial charge in [-0.05, 0) is 115 Å². The summed E-state index contributed by atoms with van der Waals surface area (Å²) in [5, 5.41) is 2.33. The third-order valence-electron chi connectivity index (χ3n) is 13.1. The third-order valence-corrected chi connectivity index (χ3v) is 13.1. The van der Waals surface area contributed by atoms with Crippen LogP contribution in [-0.4, -0.2) is 0 Å². The van der Waals surface area contributed by atoms with Gasteiger partial charge in [-0.15, -0.1) is 0 Å². The normalized spacial score (nSPS) is 13.2. The maximum atomic E-state index is 7.01. The lowest BCUT2D eigenvalue weighted by Crippen LogP contribution is -2.25. The molecule has 62 heavy (non-hydrogen) atoms.